The molecule has 0 aliphatic heterocycles. The summed E-state index contributed by atoms with van der Waals surface area (Å²) >= 11 is 1.37. The second kappa shape index (κ2) is 9.89. The maximum absolute atomic E-state index is 12.6. The molecule has 1 unspecified atom stereocenters. The number of carbonyl (C=O) groups is 2. The highest BCUT2D eigenvalue weighted by molar-refractivity contribution is 7.09. The van der Waals surface area contributed by atoms with Crippen LogP contribution in [0.25, 0.3) is 0 Å². The van der Waals surface area contributed by atoms with E-state index in [4.69, 9.17) is 19.9 Å². The molecule has 146 valence electrons. The van der Waals surface area contributed by atoms with Crippen LogP contribution in [0, 0.1) is 0 Å². The van der Waals surface area contributed by atoms with Crippen LogP contribution in [-0.2, 0) is 16.0 Å². The van der Waals surface area contributed by atoms with E-state index in [1.807, 2.05) is 0 Å². The lowest BCUT2D eigenvalue weighted by Gasteiger charge is -2.19. The van der Waals surface area contributed by atoms with Crippen LogP contribution < -0.4 is 20.5 Å². The summed E-state index contributed by atoms with van der Waals surface area (Å²) in [6.45, 7) is 0.463. The highest BCUT2D eigenvalue weighted by Gasteiger charge is 2.22. The van der Waals surface area contributed by atoms with Gasteiger partial charge >= 0.3 is 5.97 Å². The van der Waals surface area contributed by atoms with Crippen molar-refractivity contribution >= 4 is 23.2 Å². The molecule has 0 saturated heterocycles. The zero-order valence-corrected chi connectivity index (χ0v) is 16.3. The Bertz CT molecular complexity index is 793. The van der Waals surface area contributed by atoms with Crippen molar-refractivity contribution in [3.05, 3.63) is 39.8 Å². The number of hydrogen-bond acceptors (Lipinski definition) is 8. The van der Waals surface area contributed by atoms with Gasteiger partial charge in [0, 0.05) is 11.8 Å². The van der Waals surface area contributed by atoms with E-state index in [-0.39, 0.29) is 12.3 Å². The van der Waals surface area contributed by atoms with Gasteiger partial charge in [-0.2, -0.15) is 0 Å². The highest BCUT2D eigenvalue weighted by atomic mass is 32.1. The molecule has 0 aliphatic carbocycles. The first-order valence-corrected chi connectivity index (χ1v) is 9.14. The Kier molecular flexibility index (Phi) is 7.56. The molecular weight excluding hydrogens is 370 g/mol. The van der Waals surface area contributed by atoms with Crippen molar-refractivity contribution in [3.8, 4) is 11.5 Å². The maximum atomic E-state index is 12.6. The number of nitrogens with zero attached hydrogens (tertiary/aromatic N) is 1. The van der Waals surface area contributed by atoms with Gasteiger partial charge in [-0.3, -0.25) is 9.59 Å². The molecule has 0 fully saturated rings. The van der Waals surface area contributed by atoms with Gasteiger partial charge < -0.3 is 25.3 Å². The minimum absolute atomic E-state index is 0.0302. The second-order valence-corrected chi connectivity index (χ2v) is 6.53. The van der Waals surface area contributed by atoms with Gasteiger partial charge in [-0.05, 0) is 24.2 Å². The Morgan fingerprint density at radius 2 is 1.96 bits per heavy atom. The predicted molar refractivity (Wildman–Crippen MR) is 101 cm³/mol. The topological polar surface area (TPSA) is 113 Å². The fraction of sp³-hybridized carbons (Fsp3) is 0.389. The molecule has 1 atom stereocenters. The normalized spacial score (nSPS) is 11.6. The third kappa shape index (κ3) is 5.41. The van der Waals surface area contributed by atoms with Crippen LogP contribution in [-0.4, -0.2) is 44.7 Å². The van der Waals surface area contributed by atoms with Crippen LogP contribution in [0.1, 0.15) is 33.5 Å². The molecule has 2 rings (SSSR count). The molecule has 27 heavy (non-hydrogen) atoms. The first kappa shape index (κ1) is 20.7. The van der Waals surface area contributed by atoms with Crippen LogP contribution >= 0.6 is 11.3 Å². The molecule has 1 heterocycles. The first-order chi connectivity index (χ1) is 13.0. The zero-order valence-electron chi connectivity index (χ0n) is 15.5. The maximum Gasteiger partial charge on any atom is 0.307 e. The average molecular weight is 393 g/mol. The van der Waals surface area contributed by atoms with Crippen molar-refractivity contribution in [2.24, 2.45) is 5.73 Å². The van der Waals surface area contributed by atoms with Crippen molar-refractivity contribution in [2.75, 3.05) is 27.9 Å². The SMILES string of the molecule is COC(=O)CC(NC(=O)c1csc(CCN)n1)c1ccc(OC)c(OC)c1. The number of nitrogens with one attached hydrogen (secondary N) is 1. The summed E-state index contributed by atoms with van der Waals surface area (Å²) in [5, 5.41) is 5.30. The fourth-order valence-corrected chi connectivity index (χ4v) is 3.25. The van der Waals surface area contributed by atoms with Gasteiger partial charge in [0.25, 0.3) is 5.91 Å². The summed E-state index contributed by atoms with van der Waals surface area (Å²) in [7, 11) is 4.35. The summed E-state index contributed by atoms with van der Waals surface area (Å²) < 4.78 is 15.3. The Balaban J connectivity index is 2.25. The summed E-state index contributed by atoms with van der Waals surface area (Å²) in [6, 6.07) is 4.58. The molecule has 0 bridgehead atoms. The van der Waals surface area contributed by atoms with Crippen molar-refractivity contribution in [1.29, 1.82) is 0 Å². The molecule has 0 spiro atoms. The van der Waals surface area contributed by atoms with Crippen molar-refractivity contribution in [2.45, 2.75) is 18.9 Å². The van der Waals surface area contributed by atoms with Gasteiger partial charge in [0.2, 0.25) is 0 Å². The molecule has 3 N–H and O–H groups in total. The van der Waals surface area contributed by atoms with E-state index in [1.54, 1.807) is 23.6 Å². The number of methoxy groups -OCH3 is 3. The third-order valence-electron chi connectivity index (χ3n) is 3.86. The number of ether oxygens (including phenoxy) is 3. The van der Waals surface area contributed by atoms with E-state index in [0.717, 1.165) is 5.01 Å². The van der Waals surface area contributed by atoms with E-state index in [1.165, 1.54) is 32.7 Å². The van der Waals surface area contributed by atoms with Crippen LogP contribution in [0.4, 0.5) is 0 Å². The van der Waals surface area contributed by atoms with Gasteiger partial charge in [0.05, 0.1) is 38.8 Å². The quantitative estimate of drug-likeness (QED) is 0.623. The Morgan fingerprint density at radius 1 is 1.22 bits per heavy atom. The number of rotatable bonds is 9. The molecule has 0 radical (unpaired) electrons. The number of esters is 1. The monoisotopic (exact) mass is 393 g/mol. The van der Waals surface area contributed by atoms with E-state index in [0.29, 0.717) is 35.7 Å². The Hall–Kier alpha value is -2.65. The van der Waals surface area contributed by atoms with Gasteiger partial charge in [-0.15, -0.1) is 11.3 Å². The number of hydrogen-bond donors (Lipinski definition) is 2. The van der Waals surface area contributed by atoms with Crippen molar-refractivity contribution < 1.29 is 23.8 Å². The molecule has 8 nitrogen and oxygen atoms in total. The Morgan fingerprint density at radius 3 is 2.59 bits per heavy atom. The summed E-state index contributed by atoms with van der Waals surface area (Å²) in [5.41, 5.74) is 6.49. The summed E-state index contributed by atoms with van der Waals surface area (Å²) in [5.74, 6) is 0.226. The molecule has 0 aliphatic rings. The average Bonchev–Trinajstić information content (AvgIpc) is 3.15. The lowest BCUT2D eigenvalue weighted by molar-refractivity contribution is -0.141. The van der Waals surface area contributed by atoms with Gasteiger partial charge in [0.15, 0.2) is 11.5 Å². The molecule has 1 amide bonds. The molecule has 1 aromatic carbocycles. The molecule has 1 aromatic heterocycles. The van der Waals surface area contributed by atoms with Gasteiger partial charge in [-0.25, -0.2) is 4.98 Å². The molecule has 9 heteroatoms. The van der Waals surface area contributed by atoms with E-state index < -0.39 is 12.0 Å². The smallest absolute Gasteiger partial charge is 0.307 e. The van der Waals surface area contributed by atoms with Crippen molar-refractivity contribution in [1.82, 2.24) is 10.3 Å². The predicted octanol–water partition coefficient (Wildman–Crippen LogP) is 1.70. The standard InChI is InChI=1S/C18H23N3O5S/c1-24-14-5-4-11(8-15(14)25-2)12(9-17(22)26-3)21-18(23)13-10-27-16(20-13)6-7-19/h4-5,8,10,12H,6-7,9,19H2,1-3H3,(H,21,23). The number of carbonyl (C=O) groups excluding carboxylic acids is 2. The molecule has 0 saturated carbocycles. The summed E-state index contributed by atoms with van der Waals surface area (Å²) in [6.07, 6.45) is 0.580. The molecular formula is C18H23N3O5S. The lowest BCUT2D eigenvalue weighted by Crippen LogP contribution is -2.30. The van der Waals surface area contributed by atoms with Crippen LogP contribution in [0.2, 0.25) is 0 Å². The van der Waals surface area contributed by atoms with E-state index in [2.05, 4.69) is 10.3 Å². The summed E-state index contributed by atoms with van der Waals surface area (Å²) in [4.78, 5) is 28.7. The zero-order chi connectivity index (χ0) is 19.8. The number of amides is 1. The van der Waals surface area contributed by atoms with Crippen LogP contribution in [0.5, 0.6) is 11.5 Å². The van der Waals surface area contributed by atoms with Gasteiger partial charge in [-0.1, -0.05) is 6.07 Å². The third-order valence-corrected chi connectivity index (χ3v) is 4.76. The van der Waals surface area contributed by atoms with Gasteiger partial charge in [0.1, 0.15) is 5.69 Å². The minimum Gasteiger partial charge on any atom is -0.493 e. The number of aromatic nitrogens is 1. The lowest BCUT2D eigenvalue weighted by atomic mass is 10.0. The Labute approximate surface area is 161 Å². The van der Waals surface area contributed by atoms with E-state index in [9.17, 15) is 9.59 Å². The van der Waals surface area contributed by atoms with Crippen molar-refractivity contribution in [3.63, 3.8) is 0 Å². The number of nitrogens with two attached hydrogens (primary N) is 1. The molecule has 2 aromatic rings. The number of benzene rings is 1. The van der Waals surface area contributed by atoms with Crippen LogP contribution in [0.15, 0.2) is 23.6 Å². The minimum atomic E-state index is -0.607. The first-order valence-electron chi connectivity index (χ1n) is 8.26. The van der Waals surface area contributed by atoms with Crippen LogP contribution in [0.3, 0.4) is 0 Å². The largest absolute Gasteiger partial charge is 0.493 e. The number of thiazole rings is 1. The highest BCUT2D eigenvalue weighted by Crippen LogP contribution is 2.31. The fourth-order valence-electron chi connectivity index (χ4n) is 2.46. The van der Waals surface area contributed by atoms with E-state index >= 15 is 0 Å². The second-order valence-electron chi connectivity index (χ2n) is 5.59.